The van der Waals surface area contributed by atoms with Crippen LogP contribution in [0.3, 0.4) is 0 Å². The molecule has 4 rings (SSSR count). The number of hydrogen-bond donors (Lipinski definition) is 1. The first-order valence-electron chi connectivity index (χ1n) is 10.4. The summed E-state index contributed by atoms with van der Waals surface area (Å²) in [6.07, 6.45) is -0.646. The van der Waals surface area contributed by atoms with E-state index in [1.807, 2.05) is 43.3 Å². The second kappa shape index (κ2) is 9.26. The highest BCUT2D eigenvalue weighted by Gasteiger charge is 2.34. The molecule has 2 aromatic carbocycles. The molecule has 2 aromatic rings. The van der Waals surface area contributed by atoms with Gasteiger partial charge >= 0.3 is 0 Å². The summed E-state index contributed by atoms with van der Waals surface area (Å²) in [4.78, 5) is 29.5. The number of methoxy groups -OCH3 is 1. The molecular weight excluding hydrogens is 398 g/mol. The van der Waals surface area contributed by atoms with E-state index in [2.05, 4.69) is 10.2 Å². The van der Waals surface area contributed by atoms with Crippen molar-refractivity contribution in [3.8, 4) is 17.2 Å². The smallest absolute Gasteiger partial charge is 0.267 e. The Morgan fingerprint density at radius 1 is 1.03 bits per heavy atom. The molecule has 2 atom stereocenters. The van der Waals surface area contributed by atoms with Crippen LogP contribution in [0.5, 0.6) is 17.2 Å². The molecule has 1 saturated heterocycles. The first kappa shape index (κ1) is 21.0. The fraction of sp³-hybridized carbons (Fsp3) is 0.391. The van der Waals surface area contributed by atoms with Crippen LogP contribution < -0.4 is 19.5 Å². The molecule has 0 radical (unpaired) electrons. The summed E-state index contributed by atoms with van der Waals surface area (Å²) in [5, 5.41) is 2.93. The third kappa shape index (κ3) is 4.59. The molecule has 2 amide bonds. The van der Waals surface area contributed by atoms with Gasteiger partial charge in [-0.1, -0.05) is 24.3 Å². The van der Waals surface area contributed by atoms with Crippen LogP contribution in [-0.4, -0.2) is 73.7 Å². The van der Waals surface area contributed by atoms with Gasteiger partial charge in [0.1, 0.15) is 12.4 Å². The summed E-state index contributed by atoms with van der Waals surface area (Å²) < 4.78 is 16.8. The van der Waals surface area contributed by atoms with Crippen molar-refractivity contribution in [3.05, 3.63) is 48.5 Å². The van der Waals surface area contributed by atoms with Crippen molar-refractivity contribution in [2.45, 2.75) is 19.1 Å². The summed E-state index contributed by atoms with van der Waals surface area (Å²) in [5.41, 5.74) is 0.644. The van der Waals surface area contributed by atoms with Gasteiger partial charge in [0.2, 0.25) is 12.0 Å². The molecule has 0 bridgehead atoms. The topological polar surface area (TPSA) is 80.3 Å². The molecular formula is C23H27N3O5. The molecule has 8 nitrogen and oxygen atoms in total. The van der Waals surface area contributed by atoms with E-state index < -0.39 is 6.10 Å². The van der Waals surface area contributed by atoms with Gasteiger partial charge in [-0.2, -0.15) is 0 Å². The third-order valence-electron chi connectivity index (χ3n) is 5.70. The van der Waals surface area contributed by atoms with Gasteiger partial charge in [0, 0.05) is 26.2 Å². The second-order valence-corrected chi connectivity index (χ2v) is 7.59. The SMILES string of the molecule is COc1ccccc1NC(=O)[C@@H](C)N1CCN(C(=O)[C@@H]2COc3ccccc3O2)CC1. The monoisotopic (exact) mass is 425 g/mol. The fourth-order valence-corrected chi connectivity index (χ4v) is 3.83. The lowest BCUT2D eigenvalue weighted by atomic mass is 10.2. The van der Waals surface area contributed by atoms with E-state index in [0.29, 0.717) is 49.1 Å². The number of fused-ring (bicyclic) bond motifs is 1. The molecule has 31 heavy (non-hydrogen) atoms. The van der Waals surface area contributed by atoms with Crippen LogP contribution in [0.2, 0.25) is 0 Å². The number of amides is 2. The van der Waals surface area contributed by atoms with Crippen LogP contribution in [-0.2, 0) is 9.59 Å². The summed E-state index contributed by atoms with van der Waals surface area (Å²) in [6.45, 7) is 4.36. The highest BCUT2D eigenvalue weighted by molar-refractivity contribution is 5.95. The van der Waals surface area contributed by atoms with Gasteiger partial charge in [0.15, 0.2) is 11.5 Å². The second-order valence-electron chi connectivity index (χ2n) is 7.59. The number of piperazine rings is 1. The predicted octanol–water partition coefficient (Wildman–Crippen LogP) is 2.01. The maximum absolute atomic E-state index is 12.9. The first-order valence-corrected chi connectivity index (χ1v) is 10.4. The van der Waals surface area contributed by atoms with E-state index in [1.165, 1.54) is 0 Å². The van der Waals surface area contributed by atoms with Crippen LogP contribution in [0.1, 0.15) is 6.92 Å². The Morgan fingerprint density at radius 2 is 1.71 bits per heavy atom. The van der Waals surface area contributed by atoms with E-state index in [1.54, 1.807) is 24.1 Å². The predicted molar refractivity (Wildman–Crippen MR) is 116 cm³/mol. The van der Waals surface area contributed by atoms with Gasteiger partial charge < -0.3 is 24.4 Å². The Balaban J connectivity index is 1.30. The molecule has 2 aliphatic heterocycles. The largest absolute Gasteiger partial charge is 0.495 e. The Bertz CT molecular complexity index is 942. The average Bonchev–Trinajstić information content (AvgIpc) is 2.83. The van der Waals surface area contributed by atoms with Gasteiger partial charge in [0.05, 0.1) is 18.8 Å². The fourth-order valence-electron chi connectivity index (χ4n) is 3.83. The minimum atomic E-state index is -0.646. The zero-order chi connectivity index (χ0) is 21.8. The van der Waals surface area contributed by atoms with Gasteiger partial charge in [0.25, 0.3) is 5.91 Å². The standard InChI is InChI=1S/C23H27N3O5/c1-16(22(27)24-17-7-3-4-8-18(17)29-2)25-11-13-26(14-12-25)23(28)21-15-30-19-9-5-6-10-20(19)31-21/h3-10,16,21H,11-15H2,1-2H3,(H,24,27)/t16-,21+/m1/s1. The molecule has 164 valence electrons. The Hall–Kier alpha value is -3.26. The summed E-state index contributed by atoms with van der Waals surface area (Å²) in [5.74, 6) is 1.68. The van der Waals surface area contributed by atoms with E-state index >= 15 is 0 Å². The minimum absolute atomic E-state index is 0.0831. The number of anilines is 1. The molecule has 1 fully saturated rings. The number of benzene rings is 2. The number of ether oxygens (including phenoxy) is 3. The van der Waals surface area contributed by atoms with E-state index in [9.17, 15) is 9.59 Å². The summed E-state index contributed by atoms with van der Waals surface area (Å²) in [6, 6.07) is 14.3. The van der Waals surface area contributed by atoms with E-state index in [4.69, 9.17) is 14.2 Å². The number of nitrogens with zero attached hydrogens (tertiary/aromatic N) is 2. The third-order valence-corrected chi connectivity index (χ3v) is 5.70. The maximum Gasteiger partial charge on any atom is 0.267 e. The minimum Gasteiger partial charge on any atom is -0.495 e. The molecule has 2 heterocycles. The normalized spacial score (nSPS) is 19.4. The van der Waals surface area contributed by atoms with Crippen molar-refractivity contribution >= 4 is 17.5 Å². The number of carbonyl (C=O) groups is 2. The van der Waals surface area contributed by atoms with Crippen LogP contribution in [0.15, 0.2) is 48.5 Å². The number of carbonyl (C=O) groups excluding carboxylic acids is 2. The van der Waals surface area contributed by atoms with Gasteiger partial charge in [-0.05, 0) is 31.2 Å². The Labute approximate surface area is 181 Å². The highest BCUT2D eigenvalue weighted by atomic mass is 16.6. The van der Waals surface area contributed by atoms with Gasteiger partial charge in [-0.3, -0.25) is 14.5 Å². The Morgan fingerprint density at radius 3 is 2.45 bits per heavy atom. The highest BCUT2D eigenvalue weighted by Crippen LogP contribution is 2.31. The number of nitrogens with one attached hydrogen (secondary N) is 1. The van der Waals surface area contributed by atoms with Crippen molar-refractivity contribution in [2.75, 3.05) is 45.2 Å². The van der Waals surface area contributed by atoms with Crippen molar-refractivity contribution in [1.82, 2.24) is 9.80 Å². The van der Waals surface area contributed by atoms with Crippen molar-refractivity contribution in [1.29, 1.82) is 0 Å². The van der Waals surface area contributed by atoms with Crippen molar-refractivity contribution in [2.24, 2.45) is 0 Å². The van der Waals surface area contributed by atoms with Crippen LogP contribution in [0.4, 0.5) is 5.69 Å². The van der Waals surface area contributed by atoms with Crippen LogP contribution in [0, 0.1) is 0 Å². The zero-order valence-electron chi connectivity index (χ0n) is 17.7. The lowest BCUT2D eigenvalue weighted by molar-refractivity contribution is -0.143. The van der Waals surface area contributed by atoms with Crippen molar-refractivity contribution in [3.63, 3.8) is 0 Å². The van der Waals surface area contributed by atoms with Gasteiger partial charge in [-0.25, -0.2) is 0 Å². The quantitative estimate of drug-likeness (QED) is 0.790. The van der Waals surface area contributed by atoms with E-state index in [-0.39, 0.29) is 24.5 Å². The lowest BCUT2D eigenvalue weighted by Gasteiger charge is -2.39. The molecule has 0 spiro atoms. The summed E-state index contributed by atoms with van der Waals surface area (Å²) >= 11 is 0. The molecule has 0 saturated carbocycles. The Kier molecular flexibility index (Phi) is 6.27. The molecule has 0 unspecified atom stereocenters. The van der Waals surface area contributed by atoms with E-state index in [0.717, 1.165) is 0 Å². The van der Waals surface area contributed by atoms with Crippen molar-refractivity contribution < 1.29 is 23.8 Å². The molecule has 0 aromatic heterocycles. The average molecular weight is 425 g/mol. The number of hydrogen-bond acceptors (Lipinski definition) is 6. The zero-order valence-corrected chi connectivity index (χ0v) is 17.7. The van der Waals surface area contributed by atoms with Crippen LogP contribution in [0.25, 0.3) is 0 Å². The molecule has 1 N–H and O–H groups in total. The van der Waals surface area contributed by atoms with Gasteiger partial charge in [-0.15, -0.1) is 0 Å². The molecule has 8 heteroatoms. The first-order chi connectivity index (χ1) is 15.1. The number of para-hydroxylation sites is 4. The van der Waals surface area contributed by atoms with Crippen LogP contribution >= 0.6 is 0 Å². The number of rotatable bonds is 5. The maximum atomic E-state index is 12.9. The molecule has 2 aliphatic rings. The lowest BCUT2D eigenvalue weighted by Crippen LogP contribution is -2.57. The summed E-state index contributed by atoms with van der Waals surface area (Å²) in [7, 11) is 1.57. The molecule has 0 aliphatic carbocycles.